The third-order valence-corrected chi connectivity index (χ3v) is 5.33. The summed E-state index contributed by atoms with van der Waals surface area (Å²) in [5.41, 5.74) is 3.11. The van der Waals surface area contributed by atoms with Crippen LogP contribution < -0.4 is 5.32 Å². The lowest BCUT2D eigenvalue weighted by Gasteiger charge is -2.06. The number of ketones is 1. The molecule has 5 nitrogen and oxygen atoms in total. The Morgan fingerprint density at radius 1 is 1.04 bits per heavy atom. The molecule has 0 fully saturated rings. The number of carbonyl (C=O) groups is 2. The maximum Gasteiger partial charge on any atom is 0.224 e. The van der Waals surface area contributed by atoms with Crippen molar-refractivity contribution >= 4 is 45.3 Å². The number of nitrogens with zero attached hydrogens (tertiary/aromatic N) is 2. The topological polar surface area (TPSA) is 63.5 Å². The van der Waals surface area contributed by atoms with Crippen molar-refractivity contribution in [1.82, 2.24) is 9.38 Å². The summed E-state index contributed by atoms with van der Waals surface area (Å²) in [5, 5.41) is 5.39. The molecule has 0 aliphatic carbocycles. The molecule has 28 heavy (non-hydrogen) atoms. The molecule has 0 saturated carbocycles. The van der Waals surface area contributed by atoms with Gasteiger partial charge in [0.15, 0.2) is 10.7 Å². The third-order valence-electron chi connectivity index (χ3n) is 4.30. The Morgan fingerprint density at radius 2 is 1.79 bits per heavy atom. The van der Waals surface area contributed by atoms with Crippen molar-refractivity contribution in [3.8, 4) is 11.3 Å². The van der Waals surface area contributed by atoms with Gasteiger partial charge in [-0.3, -0.25) is 14.0 Å². The van der Waals surface area contributed by atoms with E-state index >= 15 is 0 Å². The number of amides is 1. The van der Waals surface area contributed by atoms with Gasteiger partial charge in [0.2, 0.25) is 5.91 Å². The number of hydrogen-bond donors (Lipinski definition) is 1. The molecule has 0 aliphatic heterocycles. The zero-order chi connectivity index (χ0) is 19.5. The minimum Gasteiger partial charge on any atom is -0.326 e. The number of thiazole rings is 1. The lowest BCUT2D eigenvalue weighted by molar-refractivity contribution is -0.116. The summed E-state index contributed by atoms with van der Waals surface area (Å²) in [6.07, 6.45) is 4.22. The summed E-state index contributed by atoms with van der Waals surface area (Å²) in [4.78, 5) is 29.8. The number of benzene rings is 2. The van der Waals surface area contributed by atoms with Crippen LogP contribution in [-0.2, 0) is 4.79 Å². The molecule has 0 saturated heterocycles. The predicted molar refractivity (Wildman–Crippen MR) is 112 cm³/mol. The summed E-state index contributed by atoms with van der Waals surface area (Å²) in [5.74, 6) is -0.278. The first-order valence-corrected chi connectivity index (χ1v) is 9.95. The standard InChI is InChI=1S/C21H16ClN3O2S/c22-16-5-1-15(2-6-16)19(26)9-10-20(27)23-17-7-3-14(4-8-17)18-13-25-11-12-28-21(25)24-18/h1-8,11-13H,9-10H2,(H,23,27). The first-order valence-electron chi connectivity index (χ1n) is 8.70. The van der Waals surface area contributed by atoms with E-state index in [1.807, 2.05) is 46.4 Å². The molecule has 2 heterocycles. The minimum absolute atomic E-state index is 0.0816. The normalized spacial score (nSPS) is 10.9. The number of imidazole rings is 1. The van der Waals surface area contributed by atoms with Crippen molar-refractivity contribution in [3.05, 3.63) is 76.9 Å². The van der Waals surface area contributed by atoms with Gasteiger partial charge < -0.3 is 5.32 Å². The molecule has 1 amide bonds. The number of nitrogens with one attached hydrogen (secondary N) is 1. The molecule has 140 valence electrons. The van der Waals surface area contributed by atoms with Gasteiger partial charge >= 0.3 is 0 Å². The second kappa shape index (κ2) is 7.96. The van der Waals surface area contributed by atoms with Crippen LogP contribution in [0.15, 0.2) is 66.3 Å². The van der Waals surface area contributed by atoms with E-state index in [0.717, 1.165) is 16.2 Å². The first-order chi connectivity index (χ1) is 13.6. The van der Waals surface area contributed by atoms with Gasteiger partial charge in [-0.15, -0.1) is 11.3 Å². The van der Waals surface area contributed by atoms with Gasteiger partial charge in [-0.05, 0) is 36.4 Å². The maximum absolute atomic E-state index is 12.1. The second-order valence-corrected chi connectivity index (χ2v) is 7.58. The fourth-order valence-electron chi connectivity index (χ4n) is 2.82. The molecule has 2 aromatic heterocycles. The highest BCUT2D eigenvalue weighted by Crippen LogP contribution is 2.23. The SMILES string of the molecule is O=C(CCC(=O)c1ccc(Cl)cc1)Nc1ccc(-c2cn3ccsc3n2)cc1. The molecule has 4 rings (SSSR count). The molecule has 0 bridgehead atoms. The van der Waals surface area contributed by atoms with Crippen LogP contribution >= 0.6 is 22.9 Å². The molecule has 0 spiro atoms. The first kappa shape index (κ1) is 18.4. The van der Waals surface area contributed by atoms with E-state index in [1.54, 1.807) is 35.6 Å². The molecule has 0 aliphatic rings. The monoisotopic (exact) mass is 409 g/mol. The van der Waals surface area contributed by atoms with E-state index in [1.165, 1.54) is 0 Å². The van der Waals surface area contributed by atoms with Crippen LogP contribution in [0.25, 0.3) is 16.2 Å². The van der Waals surface area contributed by atoms with Crippen molar-refractivity contribution in [1.29, 1.82) is 0 Å². The third kappa shape index (κ3) is 4.13. The maximum atomic E-state index is 12.1. The van der Waals surface area contributed by atoms with Gasteiger partial charge in [-0.1, -0.05) is 23.7 Å². The van der Waals surface area contributed by atoms with Crippen molar-refractivity contribution in [3.63, 3.8) is 0 Å². The highest BCUT2D eigenvalue weighted by Gasteiger charge is 2.10. The molecule has 0 unspecified atom stereocenters. The fourth-order valence-corrected chi connectivity index (χ4v) is 3.65. The predicted octanol–water partition coefficient (Wildman–Crippen LogP) is 5.32. The van der Waals surface area contributed by atoms with E-state index in [4.69, 9.17) is 11.6 Å². The van der Waals surface area contributed by atoms with E-state index in [0.29, 0.717) is 16.3 Å². The Labute approximate surface area is 170 Å². The molecule has 2 aromatic carbocycles. The Hall–Kier alpha value is -2.96. The Kier molecular flexibility index (Phi) is 5.23. The number of anilines is 1. The number of Topliss-reactive ketones (excluding diaryl/α,β-unsaturated/α-hetero) is 1. The average Bonchev–Trinajstić information content (AvgIpc) is 3.29. The Balaban J connectivity index is 1.33. The Morgan fingerprint density at radius 3 is 2.50 bits per heavy atom. The number of fused-ring (bicyclic) bond motifs is 1. The summed E-state index contributed by atoms with van der Waals surface area (Å²) in [6, 6.07) is 14.2. The number of halogens is 1. The van der Waals surface area contributed by atoms with Gasteiger partial charge in [-0.2, -0.15) is 0 Å². The van der Waals surface area contributed by atoms with Crippen molar-refractivity contribution in [2.24, 2.45) is 0 Å². The molecular formula is C21H16ClN3O2S. The van der Waals surface area contributed by atoms with Crippen LogP contribution in [0.1, 0.15) is 23.2 Å². The second-order valence-electron chi connectivity index (χ2n) is 6.27. The van der Waals surface area contributed by atoms with E-state index in [9.17, 15) is 9.59 Å². The molecule has 1 N–H and O–H groups in total. The lowest BCUT2D eigenvalue weighted by Crippen LogP contribution is -2.13. The number of hydrogen-bond acceptors (Lipinski definition) is 4. The highest BCUT2D eigenvalue weighted by molar-refractivity contribution is 7.15. The summed E-state index contributed by atoms with van der Waals surface area (Å²) < 4.78 is 1.98. The van der Waals surface area contributed by atoms with Gasteiger partial charge in [0.1, 0.15) is 0 Å². The number of carbonyl (C=O) groups excluding carboxylic acids is 2. The van der Waals surface area contributed by atoms with Crippen LogP contribution in [0.5, 0.6) is 0 Å². The molecule has 7 heteroatoms. The minimum atomic E-state index is -0.197. The zero-order valence-electron chi connectivity index (χ0n) is 14.8. The van der Waals surface area contributed by atoms with Gasteiger partial charge in [0.05, 0.1) is 5.69 Å². The van der Waals surface area contributed by atoms with E-state index < -0.39 is 0 Å². The summed E-state index contributed by atoms with van der Waals surface area (Å²) >= 11 is 7.40. The van der Waals surface area contributed by atoms with Gasteiger partial charge in [0.25, 0.3) is 0 Å². The smallest absolute Gasteiger partial charge is 0.224 e. The number of aromatic nitrogens is 2. The Bertz CT molecular complexity index is 1100. The van der Waals surface area contributed by atoms with E-state index in [-0.39, 0.29) is 24.5 Å². The van der Waals surface area contributed by atoms with Crippen LogP contribution in [-0.4, -0.2) is 21.1 Å². The summed E-state index contributed by atoms with van der Waals surface area (Å²) in [7, 11) is 0. The highest BCUT2D eigenvalue weighted by atomic mass is 35.5. The van der Waals surface area contributed by atoms with Crippen LogP contribution in [0.2, 0.25) is 5.02 Å². The fraction of sp³-hybridized carbons (Fsp3) is 0.0952. The van der Waals surface area contributed by atoms with Crippen molar-refractivity contribution in [2.45, 2.75) is 12.8 Å². The van der Waals surface area contributed by atoms with Crippen LogP contribution in [0.3, 0.4) is 0 Å². The van der Waals surface area contributed by atoms with Crippen LogP contribution in [0.4, 0.5) is 5.69 Å². The molecular weight excluding hydrogens is 394 g/mol. The summed E-state index contributed by atoms with van der Waals surface area (Å²) in [6.45, 7) is 0. The van der Waals surface area contributed by atoms with Gasteiger partial charge in [-0.25, -0.2) is 4.98 Å². The van der Waals surface area contributed by atoms with Crippen molar-refractivity contribution in [2.75, 3.05) is 5.32 Å². The molecule has 0 radical (unpaired) electrons. The largest absolute Gasteiger partial charge is 0.326 e. The zero-order valence-corrected chi connectivity index (χ0v) is 16.3. The van der Waals surface area contributed by atoms with Crippen molar-refractivity contribution < 1.29 is 9.59 Å². The van der Waals surface area contributed by atoms with E-state index in [2.05, 4.69) is 10.3 Å². The van der Waals surface area contributed by atoms with Crippen LogP contribution in [0, 0.1) is 0 Å². The average molecular weight is 410 g/mol. The van der Waals surface area contributed by atoms with Gasteiger partial charge in [0, 0.05) is 52.5 Å². The molecule has 0 atom stereocenters. The lowest BCUT2D eigenvalue weighted by atomic mass is 10.1. The quantitative estimate of drug-likeness (QED) is 0.438. The molecule has 4 aromatic rings. The number of rotatable bonds is 6.